The first kappa shape index (κ1) is 15.0. The van der Waals surface area contributed by atoms with Crippen molar-refractivity contribution in [3.8, 4) is 0 Å². The molecular formula is C14H12Cl2F2N2. The molecule has 1 aromatic carbocycles. The van der Waals surface area contributed by atoms with Crippen LogP contribution in [-0.4, -0.2) is 4.98 Å². The second kappa shape index (κ2) is 6.37. The Morgan fingerprint density at radius 2 is 1.85 bits per heavy atom. The normalized spacial score (nSPS) is 10.9. The van der Waals surface area contributed by atoms with E-state index in [2.05, 4.69) is 10.3 Å². The van der Waals surface area contributed by atoms with Gasteiger partial charge in [0.05, 0.1) is 5.69 Å². The minimum Gasteiger partial charge on any atom is -0.378 e. The molecule has 0 aliphatic carbocycles. The average molecular weight is 317 g/mol. The van der Waals surface area contributed by atoms with Crippen molar-refractivity contribution in [1.29, 1.82) is 0 Å². The molecule has 2 nitrogen and oxygen atoms in total. The van der Waals surface area contributed by atoms with Crippen LogP contribution in [0.3, 0.4) is 0 Å². The van der Waals surface area contributed by atoms with E-state index >= 15 is 0 Å². The fraction of sp³-hybridized carbons (Fsp3) is 0.214. The third-order valence-electron chi connectivity index (χ3n) is 2.84. The molecule has 106 valence electrons. The van der Waals surface area contributed by atoms with E-state index in [1.165, 1.54) is 12.1 Å². The number of aromatic nitrogens is 1. The van der Waals surface area contributed by atoms with E-state index in [9.17, 15) is 8.78 Å². The zero-order valence-corrected chi connectivity index (χ0v) is 12.1. The molecule has 1 heterocycles. The molecule has 20 heavy (non-hydrogen) atoms. The summed E-state index contributed by atoms with van der Waals surface area (Å²) in [5.74, 6) is 0. The zero-order chi connectivity index (χ0) is 14.7. The molecule has 0 amide bonds. The van der Waals surface area contributed by atoms with Gasteiger partial charge in [-0.25, -0.2) is 13.8 Å². The van der Waals surface area contributed by atoms with Crippen LogP contribution in [0.25, 0.3) is 0 Å². The third-order valence-corrected chi connectivity index (χ3v) is 3.31. The van der Waals surface area contributed by atoms with E-state index in [0.29, 0.717) is 22.5 Å². The van der Waals surface area contributed by atoms with Crippen LogP contribution >= 0.6 is 23.2 Å². The summed E-state index contributed by atoms with van der Waals surface area (Å²) < 4.78 is 24.9. The maximum Gasteiger partial charge on any atom is 0.263 e. The zero-order valence-electron chi connectivity index (χ0n) is 10.6. The molecule has 0 saturated carbocycles. The van der Waals surface area contributed by atoms with Crippen molar-refractivity contribution >= 4 is 28.9 Å². The maximum absolute atomic E-state index is 12.4. The minimum absolute atomic E-state index is 0.0103. The van der Waals surface area contributed by atoms with E-state index in [0.717, 1.165) is 11.1 Å². The highest BCUT2D eigenvalue weighted by atomic mass is 35.5. The third kappa shape index (κ3) is 3.58. The fourth-order valence-electron chi connectivity index (χ4n) is 1.78. The van der Waals surface area contributed by atoms with Gasteiger partial charge in [0.1, 0.15) is 5.15 Å². The van der Waals surface area contributed by atoms with Gasteiger partial charge >= 0.3 is 0 Å². The second-order valence-electron chi connectivity index (χ2n) is 4.32. The Morgan fingerprint density at radius 3 is 2.40 bits per heavy atom. The first-order valence-corrected chi connectivity index (χ1v) is 6.66. The summed E-state index contributed by atoms with van der Waals surface area (Å²) in [7, 11) is 0. The van der Waals surface area contributed by atoms with Gasteiger partial charge in [0, 0.05) is 12.1 Å². The minimum atomic E-state index is -2.45. The van der Waals surface area contributed by atoms with E-state index < -0.39 is 6.43 Å². The Bertz CT molecular complexity index is 578. The molecule has 1 aromatic heterocycles. The van der Waals surface area contributed by atoms with Crippen LogP contribution in [-0.2, 0) is 6.54 Å². The summed E-state index contributed by atoms with van der Waals surface area (Å²) in [6.45, 7) is 2.33. The van der Waals surface area contributed by atoms with Crippen molar-refractivity contribution in [3.63, 3.8) is 0 Å². The van der Waals surface area contributed by atoms with E-state index in [1.54, 1.807) is 18.2 Å². The molecule has 0 radical (unpaired) electrons. The molecule has 1 N–H and O–H groups in total. The molecule has 0 bridgehead atoms. The average Bonchev–Trinajstić information content (AvgIpc) is 2.38. The maximum atomic E-state index is 12.4. The van der Waals surface area contributed by atoms with Crippen LogP contribution in [0.5, 0.6) is 0 Å². The van der Waals surface area contributed by atoms with Gasteiger partial charge in [0.25, 0.3) is 6.43 Å². The Kier molecular flexibility index (Phi) is 4.78. The Labute approximate surface area is 125 Å². The Hall–Kier alpha value is -1.39. The van der Waals surface area contributed by atoms with Crippen molar-refractivity contribution in [2.45, 2.75) is 19.9 Å². The summed E-state index contributed by atoms with van der Waals surface area (Å²) in [4.78, 5) is 3.95. The van der Waals surface area contributed by atoms with Crippen LogP contribution in [0.4, 0.5) is 14.5 Å². The lowest BCUT2D eigenvalue weighted by Gasteiger charge is -2.11. The number of nitrogens with zero attached hydrogens (tertiary/aromatic N) is 1. The highest BCUT2D eigenvalue weighted by Crippen LogP contribution is 2.27. The van der Waals surface area contributed by atoms with E-state index in [4.69, 9.17) is 23.2 Å². The molecule has 0 fully saturated rings. The summed E-state index contributed by atoms with van der Waals surface area (Å²) >= 11 is 11.8. The van der Waals surface area contributed by atoms with Crippen LogP contribution in [0.1, 0.15) is 23.1 Å². The lowest BCUT2D eigenvalue weighted by molar-refractivity contribution is 0.151. The Morgan fingerprint density at radius 1 is 1.20 bits per heavy atom. The number of aryl methyl sites for hydroxylation is 1. The standard InChI is InChI=1S/C14H12Cl2F2N2/c1-8-6-11(15)20-13(16)12(8)19-7-9-2-4-10(5-3-9)14(17)18/h2-6,14,19H,7H2,1H3. The van der Waals surface area contributed by atoms with Gasteiger partial charge < -0.3 is 5.32 Å². The first-order valence-electron chi connectivity index (χ1n) is 5.91. The van der Waals surface area contributed by atoms with Gasteiger partial charge in [-0.05, 0) is 24.1 Å². The molecule has 0 aliphatic rings. The second-order valence-corrected chi connectivity index (χ2v) is 5.07. The summed E-state index contributed by atoms with van der Waals surface area (Å²) in [5, 5.41) is 3.76. The smallest absolute Gasteiger partial charge is 0.263 e. The van der Waals surface area contributed by atoms with Gasteiger partial charge in [-0.3, -0.25) is 0 Å². The van der Waals surface area contributed by atoms with Crippen molar-refractivity contribution < 1.29 is 8.78 Å². The lowest BCUT2D eigenvalue weighted by Crippen LogP contribution is -2.03. The fourth-order valence-corrected chi connectivity index (χ4v) is 2.38. The predicted molar refractivity (Wildman–Crippen MR) is 77.7 cm³/mol. The van der Waals surface area contributed by atoms with E-state index in [-0.39, 0.29) is 5.56 Å². The highest BCUT2D eigenvalue weighted by molar-refractivity contribution is 6.34. The number of anilines is 1. The summed E-state index contributed by atoms with van der Waals surface area (Å²) in [6, 6.07) is 7.84. The number of hydrogen-bond donors (Lipinski definition) is 1. The van der Waals surface area contributed by atoms with Crippen LogP contribution in [0, 0.1) is 6.92 Å². The highest BCUT2D eigenvalue weighted by Gasteiger charge is 2.08. The van der Waals surface area contributed by atoms with Gasteiger partial charge in [-0.15, -0.1) is 0 Å². The van der Waals surface area contributed by atoms with Gasteiger partial charge in [0.2, 0.25) is 0 Å². The molecule has 2 rings (SSSR count). The SMILES string of the molecule is Cc1cc(Cl)nc(Cl)c1NCc1ccc(C(F)F)cc1. The quantitative estimate of drug-likeness (QED) is 0.779. The van der Waals surface area contributed by atoms with Crippen molar-refractivity contribution in [2.75, 3.05) is 5.32 Å². The van der Waals surface area contributed by atoms with Gasteiger partial charge in [0.15, 0.2) is 5.15 Å². The monoisotopic (exact) mass is 316 g/mol. The number of pyridine rings is 1. The van der Waals surface area contributed by atoms with Crippen molar-refractivity contribution in [2.24, 2.45) is 0 Å². The summed E-state index contributed by atoms with van der Waals surface area (Å²) in [6.07, 6.45) is -2.45. The molecule has 0 atom stereocenters. The van der Waals surface area contributed by atoms with Crippen molar-refractivity contribution in [3.05, 3.63) is 57.3 Å². The summed E-state index contributed by atoms with van der Waals surface area (Å²) in [5.41, 5.74) is 2.45. The number of benzene rings is 1. The number of nitrogens with one attached hydrogen (secondary N) is 1. The molecular weight excluding hydrogens is 305 g/mol. The van der Waals surface area contributed by atoms with Crippen molar-refractivity contribution in [1.82, 2.24) is 4.98 Å². The Balaban J connectivity index is 2.09. The van der Waals surface area contributed by atoms with E-state index in [1.807, 2.05) is 6.92 Å². The number of halogens is 4. The van der Waals surface area contributed by atoms with Gasteiger partial charge in [-0.1, -0.05) is 47.5 Å². The topological polar surface area (TPSA) is 24.9 Å². The largest absolute Gasteiger partial charge is 0.378 e. The lowest BCUT2D eigenvalue weighted by atomic mass is 10.1. The molecule has 0 saturated heterocycles. The number of alkyl halides is 2. The van der Waals surface area contributed by atoms with Crippen LogP contribution in [0.2, 0.25) is 10.3 Å². The molecule has 2 aromatic rings. The molecule has 0 unspecified atom stereocenters. The first-order chi connectivity index (χ1) is 9.47. The molecule has 0 aliphatic heterocycles. The van der Waals surface area contributed by atoms with Crippen LogP contribution in [0.15, 0.2) is 30.3 Å². The van der Waals surface area contributed by atoms with Crippen LogP contribution < -0.4 is 5.32 Å². The number of rotatable bonds is 4. The number of hydrogen-bond acceptors (Lipinski definition) is 2. The van der Waals surface area contributed by atoms with Gasteiger partial charge in [-0.2, -0.15) is 0 Å². The predicted octanol–water partition coefficient (Wildman–Crippen LogP) is 5.25. The molecule has 0 spiro atoms. The molecule has 6 heteroatoms.